The number of nitrogens with zero attached hydrogens (tertiary/aromatic N) is 3. The van der Waals surface area contributed by atoms with Gasteiger partial charge in [0.25, 0.3) is 0 Å². The third kappa shape index (κ3) is 8.61. The number of hydrogen-bond donors (Lipinski definition) is 2. The van der Waals surface area contributed by atoms with Crippen molar-refractivity contribution < 1.29 is 23.6 Å². The number of likely N-dealkylation sites (N-methyl/N-ethyl adjacent to an activating group) is 1. The van der Waals surface area contributed by atoms with E-state index in [0.29, 0.717) is 10.4 Å². The fourth-order valence-corrected chi connectivity index (χ4v) is 9.51. The second kappa shape index (κ2) is 17.2. The molecular formula is C45H64N5O4+. The Morgan fingerprint density at radius 1 is 0.963 bits per heavy atom. The molecule has 0 aromatic heterocycles. The minimum atomic E-state index is -0.593. The summed E-state index contributed by atoms with van der Waals surface area (Å²) in [6, 6.07) is 15.6. The number of quaternary nitrogens is 1. The third-order valence-electron chi connectivity index (χ3n) is 12.7. The quantitative estimate of drug-likeness (QED) is 0.240. The van der Waals surface area contributed by atoms with E-state index in [1.807, 2.05) is 27.7 Å². The Balaban J connectivity index is 1.10. The highest BCUT2D eigenvalue weighted by molar-refractivity contribution is 5.96. The minimum absolute atomic E-state index is 0.0131. The van der Waals surface area contributed by atoms with Crippen molar-refractivity contribution in [3.8, 4) is 11.1 Å². The Hall–Kier alpha value is -3.98. The molecule has 0 radical (unpaired) electrons. The molecule has 2 fully saturated rings. The molecule has 2 N–H and O–H groups in total. The molecule has 6 rings (SSSR count). The summed E-state index contributed by atoms with van der Waals surface area (Å²) in [7, 11) is 3.42. The number of benzene rings is 2. The Morgan fingerprint density at radius 2 is 1.72 bits per heavy atom. The first-order chi connectivity index (χ1) is 25.9. The topological polar surface area (TPSA) is 100 Å². The maximum Gasteiger partial charge on any atom is 0.407 e. The number of ether oxygens (including phenoxy) is 1. The van der Waals surface area contributed by atoms with E-state index in [9.17, 15) is 14.4 Å². The molecule has 4 heterocycles. The van der Waals surface area contributed by atoms with Gasteiger partial charge in [-0.1, -0.05) is 71.0 Å². The van der Waals surface area contributed by atoms with Gasteiger partial charge in [-0.2, -0.15) is 0 Å². The van der Waals surface area contributed by atoms with Gasteiger partial charge in [0.05, 0.1) is 38.5 Å². The number of aryl methyl sites for hydroxylation is 2. The summed E-state index contributed by atoms with van der Waals surface area (Å²) < 4.78 is 5.20. The lowest BCUT2D eigenvalue weighted by Gasteiger charge is -2.42. The Kier molecular flexibility index (Phi) is 12.7. The summed E-state index contributed by atoms with van der Waals surface area (Å²) in [5, 5.41) is 6.80. The van der Waals surface area contributed by atoms with Crippen molar-refractivity contribution >= 4 is 29.3 Å². The number of hydrogen-bond acceptors (Lipinski definition) is 6. The average molecular weight is 739 g/mol. The van der Waals surface area contributed by atoms with Crippen molar-refractivity contribution in [2.45, 2.75) is 129 Å². The second-order valence-electron chi connectivity index (χ2n) is 17.2. The molecule has 2 aromatic carbocycles. The molecule has 4 aliphatic rings. The molecule has 6 atom stereocenters. The molecule has 9 nitrogen and oxygen atoms in total. The molecule has 292 valence electrons. The van der Waals surface area contributed by atoms with Crippen LogP contribution in [0.15, 0.2) is 59.2 Å². The smallest absolute Gasteiger partial charge is 0.407 e. The van der Waals surface area contributed by atoms with Crippen LogP contribution in [0.2, 0.25) is 0 Å². The molecule has 6 unspecified atom stereocenters. The van der Waals surface area contributed by atoms with E-state index < -0.39 is 12.1 Å². The lowest BCUT2D eigenvalue weighted by atomic mass is 9.88. The highest BCUT2D eigenvalue weighted by atomic mass is 16.5. The molecule has 9 heteroatoms. The van der Waals surface area contributed by atoms with Crippen molar-refractivity contribution in [2.75, 3.05) is 27.2 Å². The van der Waals surface area contributed by atoms with Gasteiger partial charge in [-0.05, 0) is 104 Å². The van der Waals surface area contributed by atoms with E-state index in [1.54, 1.807) is 0 Å². The van der Waals surface area contributed by atoms with Gasteiger partial charge in [-0.3, -0.25) is 14.3 Å². The van der Waals surface area contributed by atoms with E-state index in [1.165, 1.54) is 40.8 Å². The summed E-state index contributed by atoms with van der Waals surface area (Å²) in [4.78, 5) is 46.5. The van der Waals surface area contributed by atoms with Crippen LogP contribution in [-0.2, 0) is 27.2 Å². The number of aliphatic imine (C=N–C) groups is 1. The molecule has 0 bridgehead atoms. The van der Waals surface area contributed by atoms with Crippen LogP contribution in [0.1, 0.15) is 104 Å². The fraction of sp³-hybridized carbons (Fsp3) is 0.600. The Bertz CT molecular complexity index is 1730. The number of alkyl carbamates (subject to hydrolysis) is 1. The number of carbonyl (C=O) groups is 3. The van der Waals surface area contributed by atoms with Crippen LogP contribution in [0.25, 0.3) is 11.1 Å². The number of rotatable bonds is 10. The fourth-order valence-electron chi connectivity index (χ4n) is 9.51. The predicted octanol–water partition coefficient (Wildman–Crippen LogP) is 8.13. The first kappa shape index (κ1) is 39.7. The molecule has 3 amide bonds. The van der Waals surface area contributed by atoms with Gasteiger partial charge in [0.1, 0.15) is 12.1 Å². The number of allylic oxidation sites excluding steroid dienone is 2. The van der Waals surface area contributed by atoms with Crippen LogP contribution in [-0.4, -0.2) is 84.4 Å². The largest absolute Gasteiger partial charge is 0.453 e. The zero-order chi connectivity index (χ0) is 38.6. The van der Waals surface area contributed by atoms with E-state index in [-0.39, 0.29) is 41.8 Å². The lowest BCUT2D eigenvalue weighted by Crippen LogP contribution is -2.66. The van der Waals surface area contributed by atoms with Crippen LogP contribution >= 0.6 is 0 Å². The summed E-state index contributed by atoms with van der Waals surface area (Å²) >= 11 is 0. The van der Waals surface area contributed by atoms with E-state index in [0.717, 1.165) is 89.4 Å². The van der Waals surface area contributed by atoms with Crippen molar-refractivity contribution in [1.82, 2.24) is 15.5 Å². The van der Waals surface area contributed by atoms with Crippen molar-refractivity contribution in [2.24, 2.45) is 22.7 Å². The number of nitrogens with one attached hydrogen (secondary N) is 2. The SMILES string of the molecule is COC(=O)NC(C(=O)[N+]1(C)CCCC1C1NC(CCc2ccc(-c3ccc4c(c3)CCCC(C3CCCN3C(=O)C(C)C)=N4)cc2)=CCCC1C)C(C)C. The van der Waals surface area contributed by atoms with Crippen LogP contribution in [0.3, 0.4) is 0 Å². The number of likely N-dealkylation sites (tertiary alicyclic amines) is 2. The summed E-state index contributed by atoms with van der Waals surface area (Å²) in [6.07, 6.45) is 12.8. The molecule has 54 heavy (non-hydrogen) atoms. The molecule has 0 saturated carbocycles. The highest BCUT2D eigenvalue weighted by Crippen LogP contribution is 2.36. The predicted molar refractivity (Wildman–Crippen MR) is 216 cm³/mol. The van der Waals surface area contributed by atoms with Gasteiger partial charge in [0.15, 0.2) is 0 Å². The Labute approximate surface area is 323 Å². The number of amides is 3. The monoisotopic (exact) mass is 738 g/mol. The first-order valence-electron chi connectivity index (χ1n) is 20.7. The van der Waals surface area contributed by atoms with Gasteiger partial charge in [-0.25, -0.2) is 9.59 Å². The first-order valence-corrected chi connectivity index (χ1v) is 20.7. The molecule has 4 aliphatic heterocycles. The molecule has 2 aromatic rings. The van der Waals surface area contributed by atoms with Gasteiger partial charge in [0.2, 0.25) is 5.91 Å². The third-order valence-corrected chi connectivity index (χ3v) is 12.7. The maximum atomic E-state index is 14.2. The van der Waals surface area contributed by atoms with Crippen LogP contribution in [0, 0.1) is 17.8 Å². The van der Waals surface area contributed by atoms with Gasteiger partial charge >= 0.3 is 12.0 Å². The Morgan fingerprint density at radius 3 is 2.44 bits per heavy atom. The van der Waals surface area contributed by atoms with E-state index >= 15 is 0 Å². The van der Waals surface area contributed by atoms with Gasteiger partial charge in [0, 0.05) is 36.7 Å². The molecular weight excluding hydrogens is 675 g/mol. The summed E-state index contributed by atoms with van der Waals surface area (Å²) in [5.41, 5.74) is 8.53. The number of carbonyl (C=O) groups excluding carboxylic acids is 3. The summed E-state index contributed by atoms with van der Waals surface area (Å²) in [5.74, 6) is 0.714. The van der Waals surface area contributed by atoms with Crippen LogP contribution in [0.4, 0.5) is 10.5 Å². The van der Waals surface area contributed by atoms with Gasteiger partial charge < -0.3 is 20.3 Å². The van der Waals surface area contributed by atoms with Crippen molar-refractivity contribution in [1.29, 1.82) is 0 Å². The number of methoxy groups -OCH3 is 1. The zero-order valence-corrected chi connectivity index (χ0v) is 33.8. The van der Waals surface area contributed by atoms with Crippen molar-refractivity contribution in [3.63, 3.8) is 0 Å². The van der Waals surface area contributed by atoms with E-state index in [4.69, 9.17) is 9.73 Å². The molecule has 0 spiro atoms. The van der Waals surface area contributed by atoms with Gasteiger partial charge in [-0.15, -0.1) is 0 Å². The normalized spacial score (nSPS) is 26.3. The minimum Gasteiger partial charge on any atom is -0.453 e. The summed E-state index contributed by atoms with van der Waals surface area (Å²) in [6.45, 7) is 11.9. The molecule has 2 saturated heterocycles. The number of fused-ring (bicyclic) bond motifs is 1. The van der Waals surface area contributed by atoms with Crippen LogP contribution < -0.4 is 10.6 Å². The standard InChI is InChI=1S/C45H63N5O4/c1-29(2)41(48-45(53)54-7)44(52)50(6)27-11-17-40(50)42-31(5)12-8-14-36(46-42)24-20-32-18-21-33(22-19-32)34-23-25-37-35(28-34)13-9-15-38(47-37)39-16-10-26-49(39)43(51)30(3)4/h14,18-19,21-23,25,28-31,39-42,46H,8-13,15-17,20,24,26-27H2,1-7H3/p+1. The van der Waals surface area contributed by atoms with Crippen LogP contribution in [0.5, 0.6) is 0 Å². The lowest BCUT2D eigenvalue weighted by molar-refractivity contribution is -0.849. The van der Waals surface area contributed by atoms with Crippen molar-refractivity contribution in [3.05, 3.63) is 65.4 Å². The average Bonchev–Trinajstić information content (AvgIpc) is 3.69. The molecule has 0 aliphatic carbocycles. The zero-order valence-electron chi connectivity index (χ0n) is 33.8. The second-order valence-corrected chi connectivity index (χ2v) is 17.2. The van der Waals surface area contributed by atoms with E-state index in [2.05, 4.69) is 78.0 Å². The highest BCUT2D eigenvalue weighted by Gasteiger charge is 2.52. The maximum absolute atomic E-state index is 14.2.